The van der Waals surface area contributed by atoms with Gasteiger partial charge in [-0.1, -0.05) is 11.6 Å². The van der Waals surface area contributed by atoms with Gasteiger partial charge in [0.25, 0.3) is 15.9 Å². The summed E-state index contributed by atoms with van der Waals surface area (Å²) >= 11 is 6.38. The Morgan fingerprint density at radius 1 is 1.10 bits per heavy atom. The number of aliphatic hydroxyl groups excluding tert-OH is 1. The molecule has 1 amide bonds. The minimum atomic E-state index is -4.53. The van der Waals surface area contributed by atoms with Crippen molar-refractivity contribution in [2.45, 2.75) is 29.0 Å². The van der Waals surface area contributed by atoms with Crippen molar-refractivity contribution in [3.05, 3.63) is 76.9 Å². The van der Waals surface area contributed by atoms with Crippen LogP contribution in [0.15, 0.2) is 65.7 Å². The number of aliphatic carboxylic acids is 1. The average Bonchev–Trinajstić information content (AvgIpc) is 3.44. The zero-order valence-electron chi connectivity index (χ0n) is 20.8. The van der Waals surface area contributed by atoms with Gasteiger partial charge in [-0.05, 0) is 54.6 Å². The zero-order chi connectivity index (χ0) is 28.1. The van der Waals surface area contributed by atoms with Gasteiger partial charge in [-0.2, -0.15) is 0 Å². The van der Waals surface area contributed by atoms with Crippen molar-refractivity contribution in [2.75, 3.05) is 25.1 Å². The maximum Gasteiger partial charge on any atom is 0.321 e. The number of amides is 1. The van der Waals surface area contributed by atoms with Gasteiger partial charge in [-0.25, -0.2) is 17.7 Å². The molecular weight excluding hydrogens is 550 g/mol. The number of methoxy groups -OCH3 is 2. The molecule has 11 nitrogen and oxygen atoms in total. The van der Waals surface area contributed by atoms with E-state index in [2.05, 4.69) is 4.98 Å². The molecule has 3 atom stereocenters. The SMILES string of the molecule is COc1ccc(S(=O)(=O)N2C(=O)C(c3cccnc3OC)(N3C[C@H](O)C[C@H]3C(=O)O)c3cc(Cl)ccc32)cc1. The normalized spacial score (nSPS) is 23.1. The molecule has 5 rings (SSSR count). The Bertz CT molecular complexity index is 1570. The van der Waals surface area contributed by atoms with E-state index in [0.29, 0.717) is 10.1 Å². The molecule has 1 unspecified atom stereocenters. The van der Waals surface area contributed by atoms with Crippen LogP contribution in [0.4, 0.5) is 5.69 Å². The number of halogens is 1. The van der Waals surface area contributed by atoms with Crippen molar-refractivity contribution in [3.8, 4) is 11.6 Å². The Labute approximate surface area is 229 Å². The lowest BCUT2D eigenvalue weighted by Crippen LogP contribution is -2.58. The van der Waals surface area contributed by atoms with Crippen molar-refractivity contribution in [1.82, 2.24) is 9.88 Å². The third-order valence-corrected chi connectivity index (χ3v) is 8.95. The van der Waals surface area contributed by atoms with Gasteiger partial charge in [0, 0.05) is 35.3 Å². The molecule has 13 heteroatoms. The van der Waals surface area contributed by atoms with Gasteiger partial charge in [-0.3, -0.25) is 14.5 Å². The molecule has 204 valence electrons. The largest absolute Gasteiger partial charge is 0.497 e. The summed E-state index contributed by atoms with van der Waals surface area (Å²) < 4.78 is 39.4. The number of rotatable bonds is 7. The number of carboxylic acids is 1. The van der Waals surface area contributed by atoms with Crippen LogP contribution in [0.5, 0.6) is 11.6 Å². The maximum absolute atomic E-state index is 14.7. The lowest BCUT2D eigenvalue weighted by molar-refractivity contribution is -0.145. The molecule has 1 fully saturated rings. The maximum atomic E-state index is 14.7. The number of aliphatic hydroxyl groups is 1. The number of hydrogen-bond acceptors (Lipinski definition) is 9. The number of carbonyl (C=O) groups excluding carboxylic acids is 1. The fourth-order valence-corrected chi connectivity index (χ4v) is 7.01. The van der Waals surface area contributed by atoms with E-state index in [1.165, 1.54) is 79.9 Å². The van der Waals surface area contributed by atoms with Crippen molar-refractivity contribution in [3.63, 3.8) is 0 Å². The quantitative estimate of drug-likeness (QED) is 0.431. The number of anilines is 1. The van der Waals surface area contributed by atoms with E-state index in [0.717, 1.165) is 0 Å². The molecule has 3 heterocycles. The highest BCUT2D eigenvalue weighted by Gasteiger charge is 2.64. The number of β-amino-alcohol motifs (C(OH)–C–C–N with tert-alkyl or cyclic N) is 1. The van der Waals surface area contributed by atoms with E-state index in [-0.39, 0.29) is 45.6 Å². The summed E-state index contributed by atoms with van der Waals surface area (Å²) in [6.07, 6.45) is 0.134. The van der Waals surface area contributed by atoms with E-state index in [4.69, 9.17) is 21.1 Å². The fourth-order valence-electron chi connectivity index (χ4n) is 5.38. The highest BCUT2D eigenvalue weighted by molar-refractivity contribution is 7.93. The van der Waals surface area contributed by atoms with Crippen LogP contribution in [-0.2, 0) is 25.2 Å². The zero-order valence-corrected chi connectivity index (χ0v) is 22.4. The summed E-state index contributed by atoms with van der Waals surface area (Å²) in [7, 11) is -1.76. The van der Waals surface area contributed by atoms with Crippen LogP contribution in [0.25, 0.3) is 0 Å². The van der Waals surface area contributed by atoms with E-state index in [1.54, 1.807) is 0 Å². The number of nitrogens with zero attached hydrogens (tertiary/aromatic N) is 3. The molecule has 0 aliphatic carbocycles. The van der Waals surface area contributed by atoms with Crippen molar-refractivity contribution in [2.24, 2.45) is 0 Å². The van der Waals surface area contributed by atoms with Gasteiger partial charge >= 0.3 is 5.97 Å². The Morgan fingerprint density at radius 2 is 1.82 bits per heavy atom. The lowest BCUT2D eigenvalue weighted by atomic mass is 9.81. The fraction of sp³-hybridized carbons (Fsp3) is 0.269. The Balaban J connectivity index is 1.85. The first-order valence-corrected chi connectivity index (χ1v) is 13.6. The second-order valence-corrected chi connectivity index (χ2v) is 11.3. The first-order valence-electron chi connectivity index (χ1n) is 11.8. The van der Waals surface area contributed by atoms with E-state index < -0.39 is 39.6 Å². The number of pyridine rings is 1. The topological polar surface area (TPSA) is 147 Å². The number of carboxylic acid groups (broad SMARTS) is 1. The number of hydrogen-bond donors (Lipinski definition) is 2. The van der Waals surface area contributed by atoms with Crippen molar-refractivity contribution in [1.29, 1.82) is 0 Å². The third kappa shape index (κ3) is 4.02. The summed E-state index contributed by atoms with van der Waals surface area (Å²) in [6, 6.07) is 11.5. The molecule has 1 saturated heterocycles. The highest BCUT2D eigenvalue weighted by Crippen LogP contribution is 2.54. The summed E-state index contributed by atoms with van der Waals surface area (Å²) in [6.45, 7) is -0.247. The Kier molecular flexibility index (Phi) is 6.75. The Hall–Kier alpha value is -3.71. The van der Waals surface area contributed by atoms with Crippen LogP contribution in [0.2, 0.25) is 5.02 Å². The van der Waals surface area contributed by atoms with Gasteiger partial charge < -0.3 is 19.7 Å². The summed E-state index contributed by atoms with van der Waals surface area (Å²) in [5.41, 5.74) is -1.87. The molecule has 0 saturated carbocycles. The number of sulfonamides is 1. The number of fused-ring (bicyclic) bond motifs is 1. The van der Waals surface area contributed by atoms with Crippen LogP contribution in [-0.4, -0.2) is 73.3 Å². The second kappa shape index (κ2) is 9.79. The van der Waals surface area contributed by atoms with Gasteiger partial charge in [0.05, 0.1) is 30.9 Å². The van der Waals surface area contributed by atoms with E-state index in [1.807, 2.05) is 0 Å². The summed E-state index contributed by atoms with van der Waals surface area (Å²) in [5.74, 6) is -1.88. The molecule has 1 aromatic heterocycles. The predicted molar refractivity (Wildman–Crippen MR) is 139 cm³/mol. The van der Waals surface area contributed by atoms with E-state index >= 15 is 0 Å². The van der Waals surface area contributed by atoms with Gasteiger partial charge in [0.1, 0.15) is 11.8 Å². The number of ether oxygens (including phenoxy) is 2. The highest BCUT2D eigenvalue weighted by atomic mass is 35.5. The van der Waals surface area contributed by atoms with Crippen LogP contribution >= 0.6 is 11.6 Å². The molecule has 0 radical (unpaired) electrons. The molecule has 2 aromatic carbocycles. The third-order valence-electron chi connectivity index (χ3n) is 7.01. The standard InChI is InChI=1S/C26H24ClN3O8S/c1-37-17-6-8-18(9-7-17)39(35,36)30-21-10-5-15(27)12-20(21)26(25(30)34,19-4-3-11-28-23(19)38-2)29-14-16(31)13-22(29)24(32)33/h3-12,16,22,31H,13-14H2,1-2H3,(H,32,33)/t16-,22+,26?/m1/s1. The molecule has 39 heavy (non-hydrogen) atoms. The van der Waals surface area contributed by atoms with Crippen LogP contribution in [0, 0.1) is 0 Å². The van der Waals surface area contributed by atoms with E-state index in [9.17, 15) is 28.2 Å². The van der Waals surface area contributed by atoms with Gasteiger partial charge in [0.15, 0.2) is 5.54 Å². The smallest absolute Gasteiger partial charge is 0.321 e. The first kappa shape index (κ1) is 26.9. The minimum Gasteiger partial charge on any atom is -0.497 e. The molecule has 0 spiro atoms. The molecule has 2 N–H and O–H groups in total. The monoisotopic (exact) mass is 573 g/mol. The van der Waals surface area contributed by atoms with Gasteiger partial charge in [0.2, 0.25) is 5.88 Å². The number of carbonyl (C=O) groups is 2. The second-order valence-electron chi connectivity index (χ2n) is 9.08. The average molecular weight is 574 g/mol. The lowest BCUT2D eigenvalue weighted by Gasteiger charge is -2.40. The molecular formula is C26H24ClN3O8S. The number of likely N-dealkylation sites (tertiary alicyclic amines) is 1. The minimum absolute atomic E-state index is 0.0170. The Morgan fingerprint density at radius 3 is 2.46 bits per heavy atom. The van der Waals surface area contributed by atoms with Crippen LogP contribution in [0.3, 0.4) is 0 Å². The summed E-state index contributed by atoms with van der Waals surface area (Å²) in [5, 5.41) is 20.9. The van der Waals surface area contributed by atoms with Crippen LogP contribution in [0.1, 0.15) is 17.5 Å². The molecule has 2 aliphatic rings. The van der Waals surface area contributed by atoms with Gasteiger partial charge in [-0.15, -0.1) is 0 Å². The van der Waals surface area contributed by atoms with Crippen LogP contribution < -0.4 is 13.8 Å². The van der Waals surface area contributed by atoms with Crippen molar-refractivity contribution >= 4 is 39.2 Å². The van der Waals surface area contributed by atoms with Crippen molar-refractivity contribution < 1.29 is 37.7 Å². The number of aromatic nitrogens is 1. The molecule has 2 aliphatic heterocycles. The predicted octanol–water partition coefficient (Wildman–Crippen LogP) is 2.25. The number of benzene rings is 2. The first-order chi connectivity index (χ1) is 18.6. The molecule has 0 bridgehead atoms. The summed E-state index contributed by atoms with van der Waals surface area (Å²) in [4.78, 5) is 32.5. The molecule has 3 aromatic rings.